The first-order valence-corrected chi connectivity index (χ1v) is 20.5. The zero-order valence-electron chi connectivity index (χ0n) is 31.5. The van der Waals surface area contributed by atoms with Crippen molar-refractivity contribution in [2.75, 3.05) is 30.4 Å². The molecule has 0 saturated heterocycles. The summed E-state index contributed by atoms with van der Waals surface area (Å²) in [5.74, 6) is -1.60. The van der Waals surface area contributed by atoms with Crippen LogP contribution >= 0.6 is 23.2 Å². The van der Waals surface area contributed by atoms with Crippen molar-refractivity contribution in [3.05, 3.63) is 80.7 Å². The molecular weight excluding hydrogens is 817 g/mol. The first-order valence-electron chi connectivity index (χ1n) is 17.9. The summed E-state index contributed by atoms with van der Waals surface area (Å²) in [6.45, 7) is 1.24. The highest BCUT2D eigenvalue weighted by molar-refractivity contribution is 7.92. The molecule has 1 amide bonds. The van der Waals surface area contributed by atoms with Crippen molar-refractivity contribution >= 4 is 56.9 Å². The Balaban J connectivity index is 1.34. The Morgan fingerprint density at radius 3 is 2.07 bits per heavy atom. The van der Waals surface area contributed by atoms with Gasteiger partial charge in [0.1, 0.15) is 33.2 Å². The van der Waals surface area contributed by atoms with Crippen molar-refractivity contribution in [1.29, 1.82) is 0 Å². The number of halogens is 4. The number of hydrogen-bond acceptors (Lipinski definition) is 12. The molecule has 0 aliphatic heterocycles. The molecular formula is C38H42Cl2F2N2O12S. The van der Waals surface area contributed by atoms with Gasteiger partial charge in [-0.15, -0.1) is 0 Å². The predicted octanol–water partition coefficient (Wildman–Crippen LogP) is 7.12. The van der Waals surface area contributed by atoms with Crippen LogP contribution in [-0.2, 0) is 46.7 Å². The van der Waals surface area contributed by atoms with E-state index in [2.05, 4.69) is 4.74 Å². The van der Waals surface area contributed by atoms with Crippen molar-refractivity contribution < 1.29 is 64.7 Å². The molecule has 1 heterocycles. The van der Waals surface area contributed by atoms with Gasteiger partial charge in [-0.2, -0.15) is 17.8 Å². The minimum Gasteiger partial charge on any atom is -0.619 e. The molecule has 2 fully saturated rings. The van der Waals surface area contributed by atoms with E-state index in [1.54, 1.807) is 20.8 Å². The average molecular weight is 860 g/mol. The average Bonchev–Trinajstić information content (AvgIpc) is 4.02. The zero-order chi connectivity index (χ0) is 41.7. The first kappa shape index (κ1) is 43.5. The highest BCUT2D eigenvalue weighted by Crippen LogP contribution is 2.39. The maximum absolute atomic E-state index is 13.2. The number of anilines is 1. The van der Waals surface area contributed by atoms with Gasteiger partial charge in [-0.1, -0.05) is 35.3 Å². The monoisotopic (exact) mass is 858 g/mol. The molecule has 2 aromatic carbocycles. The summed E-state index contributed by atoms with van der Waals surface area (Å²) in [4.78, 5) is 39.4. The van der Waals surface area contributed by atoms with Crippen LogP contribution in [0.5, 0.6) is 17.2 Å². The van der Waals surface area contributed by atoms with E-state index < -0.39 is 59.4 Å². The van der Waals surface area contributed by atoms with Crippen LogP contribution in [0.4, 0.5) is 19.3 Å². The Morgan fingerprint density at radius 1 is 0.912 bits per heavy atom. The van der Waals surface area contributed by atoms with E-state index in [-0.39, 0.29) is 81.1 Å². The number of rotatable bonds is 18. The van der Waals surface area contributed by atoms with Crippen LogP contribution in [0.2, 0.25) is 10.0 Å². The smallest absolute Gasteiger partial charge is 0.429 e. The number of sulfonamides is 1. The summed E-state index contributed by atoms with van der Waals surface area (Å²) in [5, 5.41) is 11.8. The summed E-state index contributed by atoms with van der Waals surface area (Å²) >= 11 is 12.6. The number of ether oxygens (including phenoxy) is 6. The molecule has 310 valence electrons. The summed E-state index contributed by atoms with van der Waals surface area (Å²) in [6, 6.07) is 8.17. The Bertz CT molecular complexity index is 2050. The standard InChI is InChI=1S/C38H42Cl2F2N2O12S/c1-38(2,3)56-37(47)44(57(4,49)50)29-13-24(9-11-30(29)51-19-22-5-6-22)14-34(45)53-21-35(46)54-32(16-26-27(39)17-43(48)18-28(26)40)25-10-12-31(55-36(41)42)33(15-25)52-20-23-7-8-23/h9-13,15,17-18,22-23,32,36H,5-8,14,16,19-21H2,1-4H3. The number of aromatic nitrogens is 1. The lowest BCUT2D eigenvalue weighted by molar-refractivity contribution is -0.605. The highest BCUT2D eigenvalue weighted by atomic mass is 35.5. The molecule has 0 N–H and O–H groups in total. The molecule has 3 aromatic rings. The van der Waals surface area contributed by atoms with Gasteiger partial charge in [-0.25, -0.2) is 18.0 Å². The third-order valence-electron chi connectivity index (χ3n) is 8.45. The van der Waals surface area contributed by atoms with Crippen molar-refractivity contribution in [2.45, 2.75) is 77.6 Å². The van der Waals surface area contributed by atoms with Gasteiger partial charge in [0.25, 0.3) is 0 Å². The van der Waals surface area contributed by atoms with Crippen molar-refractivity contribution in [3.8, 4) is 17.2 Å². The Kier molecular flexibility index (Phi) is 14.0. The fourth-order valence-corrected chi connectivity index (χ4v) is 6.78. The van der Waals surface area contributed by atoms with Gasteiger partial charge in [0.05, 0.1) is 25.9 Å². The maximum Gasteiger partial charge on any atom is 0.429 e. The van der Waals surface area contributed by atoms with Gasteiger partial charge in [0.2, 0.25) is 10.0 Å². The number of benzene rings is 2. The van der Waals surface area contributed by atoms with E-state index in [0.717, 1.165) is 44.3 Å². The minimum absolute atomic E-state index is 0.0285. The molecule has 19 heteroatoms. The van der Waals surface area contributed by atoms with Crippen LogP contribution in [0.1, 0.15) is 69.2 Å². The van der Waals surface area contributed by atoms with Gasteiger partial charge in [0, 0.05) is 12.0 Å². The number of alkyl halides is 2. The summed E-state index contributed by atoms with van der Waals surface area (Å²) in [5.41, 5.74) is -0.521. The van der Waals surface area contributed by atoms with Crippen LogP contribution in [0.15, 0.2) is 48.8 Å². The Morgan fingerprint density at radius 2 is 1.51 bits per heavy atom. The largest absolute Gasteiger partial charge is 0.619 e. The SMILES string of the molecule is CC(C)(C)OC(=O)N(c1cc(CC(=O)OCC(=O)OC(Cc2c(Cl)c[n+]([O-])cc2Cl)c2ccc(OC(F)F)c(OCC3CC3)c2)ccc1OCC1CC1)S(C)(=O)=O. The lowest BCUT2D eigenvalue weighted by Gasteiger charge is -2.27. The first-order chi connectivity index (χ1) is 26.8. The molecule has 0 bridgehead atoms. The fraction of sp³-hybridized carbons (Fsp3) is 0.474. The van der Waals surface area contributed by atoms with Crippen LogP contribution in [0, 0.1) is 17.0 Å². The van der Waals surface area contributed by atoms with E-state index in [4.69, 9.17) is 46.9 Å². The topological polar surface area (TPSA) is 171 Å². The number of carbonyl (C=O) groups is 3. The Labute approximate surface area is 338 Å². The quantitative estimate of drug-likeness (QED) is 0.0550. The molecule has 1 aromatic heterocycles. The molecule has 1 unspecified atom stereocenters. The highest BCUT2D eigenvalue weighted by Gasteiger charge is 2.34. The lowest BCUT2D eigenvalue weighted by Crippen LogP contribution is -2.40. The van der Waals surface area contributed by atoms with Gasteiger partial charge < -0.3 is 33.6 Å². The number of nitrogens with zero attached hydrogens (tertiary/aromatic N) is 2. The molecule has 57 heavy (non-hydrogen) atoms. The van der Waals surface area contributed by atoms with Gasteiger partial charge >= 0.3 is 24.6 Å². The second kappa shape index (κ2) is 18.3. The molecule has 1 atom stereocenters. The molecule has 2 aliphatic carbocycles. The van der Waals surface area contributed by atoms with Crippen molar-refractivity contribution in [3.63, 3.8) is 0 Å². The lowest BCUT2D eigenvalue weighted by atomic mass is 10.0. The zero-order valence-corrected chi connectivity index (χ0v) is 33.8. The maximum atomic E-state index is 13.2. The molecule has 0 radical (unpaired) electrons. The van der Waals surface area contributed by atoms with E-state index in [9.17, 15) is 36.8 Å². The number of esters is 2. The third kappa shape index (κ3) is 13.2. The van der Waals surface area contributed by atoms with E-state index in [1.807, 2.05) is 0 Å². The van der Waals surface area contributed by atoms with Crippen molar-refractivity contribution in [1.82, 2.24) is 0 Å². The predicted molar refractivity (Wildman–Crippen MR) is 202 cm³/mol. The molecule has 2 aliphatic rings. The number of carbonyl (C=O) groups excluding carboxylic acids is 3. The fourth-order valence-electron chi connectivity index (χ4n) is 5.37. The molecule has 2 saturated carbocycles. The van der Waals surface area contributed by atoms with Crippen LogP contribution < -0.4 is 23.2 Å². The summed E-state index contributed by atoms with van der Waals surface area (Å²) in [6.07, 6.45) is 3.60. The third-order valence-corrected chi connectivity index (χ3v) is 10.1. The van der Waals surface area contributed by atoms with Gasteiger partial charge in [-0.3, -0.25) is 4.79 Å². The normalized spacial score (nSPS) is 14.8. The second-order valence-electron chi connectivity index (χ2n) is 14.7. The molecule has 14 nitrogen and oxygen atoms in total. The van der Waals surface area contributed by atoms with Crippen LogP contribution in [-0.4, -0.2) is 64.7 Å². The Hall–Kier alpha value is -4.61. The van der Waals surface area contributed by atoms with Crippen LogP contribution in [0.25, 0.3) is 0 Å². The number of amides is 1. The van der Waals surface area contributed by atoms with Gasteiger partial charge in [-0.05, 0) is 93.7 Å². The van der Waals surface area contributed by atoms with Gasteiger partial charge in [0.15, 0.2) is 30.5 Å². The summed E-state index contributed by atoms with van der Waals surface area (Å²) in [7, 11) is -4.26. The van der Waals surface area contributed by atoms with Crippen LogP contribution in [0.3, 0.4) is 0 Å². The molecule has 0 spiro atoms. The number of pyridine rings is 1. The van der Waals surface area contributed by atoms with E-state index >= 15 is 0 Å². The number of hydrogen-bond donors (Lipinski definition) is 0. The second-order valence-corrected chi connectivity index (χ2v) is 17.4. The van der Waals surface area contributed by atoms with E-state index in [0.29, 0.717) is 9.04 Å². The minimum atomic E-state index is -4.26. The van der Waals surface area contributed by atoms with E-state index in [1.165, 1.54) is 36.4 Å². The van der Waals surface area contributed by atoms with Crippen molar-refractivity contribution in [2.24, 2.45) is 11.8 Å². The molecule has 5 rings (SSSR count). The summed E-state index contributed by atoms with van der Waals surface area (Å²) < 4.78 is 85.7.